The monoisotopic (exact) mass is 561 g/mol. The highest BCUT2D eigenvalue weighted by Crippen LogP contribution is 2.44. The zero-order valence-corrected chi connectivity index (χ0v) is 20.6. The van der Waals surface area contributed by atoms with E-state index in [0.717, 1.165) is 23.1 Å². The van der Waals surface area contributed by atoms with E-state index in [-0.39, 0.29) is 16.8 Å². The number of hydrogen-bond donors (Lipinski definition) is 1. The third-order valence-corrected chi connectivity index (χ3v) is 6.35. The molecule has 0 aliphatic carbocycles. The van der Waals surface area contributed by atoms with Crippen molar-refractivity contribution in [3.63, 3.8) is 0 Å². The van der Waals surface area contributed by atoms with E-state index in [1.165, 1.54) is 32.4 Å². The van der Waals surface area contributed by atoms with Gasteiger partial charge in [-0.1, -0.05) is 18.2 Å². The number of aliphatic hydroxyl groups excluding tert-OH is 1. The quantitative estimate of drug-likeness (QED) is 0.231. The maximum Gasteiger partial charge on any atom is 0.416 e. The molecule has 0 spiro atoms. The van der Waals surface area contributed by atoms with Crippen molar-refractivity contribution in [2.24, 2.45) is 0 Å². The number of rotatable bonds is 5. The number of benzene rings is 3. The fourth-order valence-electron chi connectivity index (χ4n) is 4.03. The zero-order valence-electron chi connectivity index (χ0n) is 19.0. The molecule has 0 saturated carbocycles. The molecule has 1 atom stereocenters. The average Bonchev–Trinajstić information content (AvgIpc) is 3.13. The molecule has 1 unspecified atom stereocenters. The van der Waals surface area contributed by atoms with E-state index in [2.05, 4.69) is 15.9 Å². The summed E-state index contributed by atoms with van der Waals surface area (Å²) in [6.07, 6.45) is -4.66. The molecule has 1 N–H and O–H groups in total. The van der Waals surface area contributed by atoms with Gasteiger partial charge in [0.15, 0.2) is 0 Å². The molecule has 1 heterocycles. The minimum absolute atomic E-state index is 0.144. The van der Waals surface area contributed by atoms with Crippen molar-refractivity contribution in [1.82, 2.24) is 0 Å². The maximum atomic E-state index is 13.4. The Morgan fingerprint density at radius 2 is 1.69 bits per heavy atom. The molecule has 6 nitrogen and oxygen atoms in total. The number of amides is 1. The van der Waals surface area contributed by atoms with Crippen LogP contribution < -0.4 is 14.4 Å². The molecule has 1 fully saturated rings. The minimum Gasteiger partial charge on any atom is -0.507 e. The van der Waals surface area contributed by atoms with Crippen LogP contribution in [0.2, 0.25) is 0 Å². The van der Waals surface area contributed by atoms with Gasteiger partial charge in [-0.2, -0.15) is 13.2 Å². The largest absolute Gasteiger partial charge is 0.507 e. The third-order valence-electron chi connectivity index (χ3n) is 5.73. The number of carbonyl (C=O) groups excluding carboxylic acids is 2. The smallest absolute Gasteiger partial charge is 0.416 e. The van der Waals surface area contributed by atoms with Gasteiger partial charge in [0.1, 0.15) is 17.3 Å². The van der Waals surface area contributed by atoms with Crippen LogP contribution in [0, 0.1) is 0 Å². The van der Waals surface area contributed by atoms with E-state index in [1.807, 2.05) is 0 Å². The minimum atomic E-state index is -4.66. The van der Waals surface area contributed by atoms with Gasteiger partial charge in [0.25, 0.3) is 11.7 Å². The molecule has 0 radical (unpaired) electrons. The van der Waals surface area contributed by atoms with Gasteiger partial charge in [0, 0.05) is 11.3 Å². The Labute approximate surface area is 212 Å². The second kappa shape index (κ2) is 9.69. The van der Waals surface area contributed by atoms with Crippen molar-refractivity contribution < 1.29 is 37.3 Å². The molecular formula is C26H19BrF3NO5. The first-order valence-corrected chi connectivity index (χ1v) is 11.3. The Kier molecular flexibility index (Phi) is 6.81. The molecule has 1 aliphatic rings. The number of hydrogen-bond acceptors (Lipinski definition) is 5. The zero-order chi connectivity index (χ0) is 26.2. The van der Waals surface area contributed by atoms with Crippen molar-refractivity contribution in [2.75, 3.05) is 19.1 Å². The number of carbonyl (C=O) groups is 2. The van der Waals surface area contributed by atoms with Crippen molar-refractivity contribution in [1.29, 1.82) is 0 Å². The van der Waals surface area contributed by atoms with Crippen LogP contribution in [0.4, 0.5) is 18.9 Å². The second-order valence-electron chi connectivity index (χ2n) is 7.84. The molecule has 10 heteroatoms. The number of methoxy groups -OCH3 is 2. The van der Waals surface area contributed by atoms with Crippen molar-refractivity contribution in [3.05, 3.63) is 93.5 Å². The first-order chi connectivity index (χ1) is 17.1. The van der Waals surface area contributed by atoms with Gasteiger partial charge in [0.05, 0.1) is 35.9 Å². The molecule has 36 heavy (non-hydrogen) atoms. The van der Waals surface area contributed by atoms with E-state index in [4.69, 9.17) is 9.47 Å². The number of Topliss-reactive ketones (excluding diaryl/α,β-unsaturated/α-hetero) is 1. The number of alkyl halides is 3. The van der Waals surface area contributed by atoms with Gasteiger partial charge < -0.3 is 14.6 Å². The molecule has 0 bridgehead atoms. The number of anilines is 1. The summed E-state index contributed by atoms with van der Waals surface area (Å²) in [5.41, 5.74) is -0.833. The molecule has 0 aromatic heterocycles. The fourth-order valence-corrected chi connectivity index (χ4v) is 4.57. The lowest BCUT2D eigenvalue weighted by atomic mass is 9.95. The summed E-state index contributed by atoms with van der Waals surface area (Å²) in [4.78, 5) is 27.4. The SMILES string of the molecule is COc1cccc(C2/C(=C(\O)c3ccc(OC)c(Br)c3)C(=O)C(=O)N2c2cccc(C(F)(F)F)c2)c1. The fraction of sp³-hybridized carbons (Fsp3) is 0.154. The van der Waals surface area contributed by atoms with Crippen LogP contribution in [0.5, 0.6) is 11.5 Å². The van der Waals surface area contributed by atoms with E-state index in [0.29, 0.717) is 21.5 Å². The van der Waals surface area contributed by atoms with Gasteiger partial charge in [-0.05, 0) is 70.0 Å². The summed E-state index contributed by atoms with van der Waals surface area (Å²) in [6, 6.07) is 13.9. The Bertz CT molecular complexity index is 1390. The van der Waals surface area contributed by atoms with Crippen LogP contribution in [-0.2, 0) is 15.8 Å². The van der Waals surface area contributed by atoms with Gasteiger partial charge in [-0.15, -0.1) is 0 Å². The van der Waals surface area contributed by atoms with Crippen molar-refractivity contribution in [3.8, 4) is 11.5 Å². The predicted molar refractivity (Wildman–Crippen MR) is 130 cm³/mol. The highest BCUT2D eigenvalue weighted by Gasteiger charge is 2.47. The lowest BCUT2D eigenvalue weighted by Gasteiger charge is -2.26. The summed E-state index contributed by atoms with van der Waals surface area (Å²) < 4.78 is 51.2. The summed E-state index contributed by atoms with van der Waals surface area (Å²) >= 11 is 3.32. The van der Waals surface area contributed by atoms with Crippen molar-refractivity contribution >= 4 is 39.1 Å². The summed E-state index contributed by atoms with van der Waals surface area (Å²) in [6.45, 7) is 0. The second-order valence-corrected chi connectivity index (χ2v) is 8.70. The van der Waals surface area contributed by atoms with Crippen molar-refractivity contribution in [2.45, 2.75) is 12.2 Å². The lowest BCUT2D eigenvalue weighted by molar-refractivity contribution is -0.137. The number of ether oxygens (including phenoxy) is 2. The Morgan fingerprint density at radius 3 is 2.33 bits per heavy atom. The summed E-state index contributed by atoms with van der Waals surface area (Å²) in [7, 11) is 2.89. The first-order valence-electron chi connectivity index (χ1n) is 10.5. The van der Waals surface area contributed by atoms with Crippen LogP contribution in [0.25, 0.3) is 5.76 Å². The maximum absolute atomic E-state index is 13.4. The van der Waals surface area contributed by atoms with Gasteiger partial charge in [-0.25, -0.2) is 0 Å². The van der Waals surface area contributed by atoms with Gasteiger partial charge in [-0.3, -0.25) is 14.5 Å². The Morgan fingerprint density at radius 1 is 0.972 bits per heavy atom. The molecule has 186 valence electrons. The number of nitrogens with zero attached hydrogens (tertiary/aromatic N) is 1. The third kappa shape index (κ3) is 4.56. The highest BCUT2D eigenvalue weighted by molar-refractivity contribution is 9.10. The molecule has 3 aromatic carbocycles. The number of aliphatic hydroxyl groups is 1. The highest BCUT2D eigenvalue weighted by atomic mass is 79.9. The molecule has 1 aliphatic heterocycles. The first kappa shape index (κ1) is 25.3. The normalized spacial score (nSPS) is 17.4. The van der Waals surface area contributed by atoms with E-state index >= 15 is 0 Å². The number of halogens is 4. The van der Waals surface area contributed by atoms with Crippen LogP contribution in [-0.4, -0.2) is 31.0 Å². The molecule has 4 rings (SSSR count). The van der Waals surface area contributed by atoms with Crippen LogP contribution in [0.1, 0.15) is 22.7 Å². The van der Waals surface area contributed by atoms with Gasteiger partial charge in [0.2, 0.25) is 0 Å². The Hall–Kier alpha value is -3.79. The number of ketones is 1. The Balaban J connectivity index is 1.96. The lowest BCUT2D eigenvalue weighted by Crippen LogP contribution is -2.29. The molecule has 3 aromatic rings. The molecule has 1 saturated heterocycles. The van der Waals surface area contributed by atoms with Gasteiger partial charge >= 0.3 is 6.18 Å². The average molecular weight is 562 g/mol. The summed E-state index contributed by atoms with van der Waals surface area (Å²) in [5, 5.41) is 11.2. The van der Waals surface area contributed by atoms with E-state index < -0.39 is 35.2 Å². The molecular weight excluding hydrogens is 543 g/mol. The summed E-state index contributed by atoms with van der Waals surface area (Å²) in [5.74, 6) is -1.73. The molecule has 1 amide bonds. The standard InChI is InChI=1S/C26H19BrF3NO5/c1-35-18-8-3-5-14(11-18)22-21(23(32)15-9-10-20(36-2)19(27)12-15)24(33)25(34)31(22)17-7-4-6-16(13-17)26(28,29)30/h3-13,22,32H,1-2H3/b23-21+. The van der Waals surface area contributed by atoms with E-state index in [1.54, 1.807) is 30.3 Å². The van der Waals surface area contributed by atoms with Crippen LogP contribution in [0.3, 0.4) is 0 Å². The topological polar surface area (TPSA) is 76.1 Å². The van der Waals surface area contributed by atoms with Crippen LogP contribution >= 0.6 is 15.9 Å². The van der Waals surface area contributed by atoms with E-state index in [9.17, 15) is 27.9 Å². The van der Waals surface area contributed by atoms with Crippen LogP contribution in [0.15, 0.2) is 76.8 Å². The predicted octanol–water partition coefficient (Wildman–Crippen LogP) is 6.11.